The molecule has 20 heavy (non-hydrogen) atoms. The number of halogens is 4. The van der Waals surface area contributed by atoms with Crippen molar-refractivity contribution < 1.29 is 22.4 Å². The maximum Gasteiger partial charge on any atom is 0.416 e. The fourth-order valence-corrected chi connectivity index (χ4v) is 1.72. The first-order valence-corrected chi connectivity index (χ1v) is 5.65. The van der Waals surface area contributed by atoms with E-state index < -0.39 is 28.9 Å². The normalized spacial score (nSPS) is 11.7. The maximum absolute atomic E-state index is 13.5. The molecule has 7 heteroatoms. The Hall–Kier alpha value is -2.18. The van der Waals surface area contributed by atoms with Crippen molar-refractivity contribution in [2.24, 2.45) is 7.05 Å². The molecular weight excluding hydrogens is 276 g/mol. The minimum atomic E-state index is -4.62. The van der Waals surface area contributed by atoms with E-state index in [0.29, 0.717) is 24.0 Å². The summed E-state index contributed by atoms with van der Waals surface area (Å²) in [5.41, 5.74) is -1.63. The monoisotopic (exact) mass is 286 g/mol. The van der Waals surface area contributed by atoms with E-state index >= 15 is 0 Å². The lowest BCUT2D eigenvalue weighted by Gasteiger charge is -2.09. The highest BCUT2D eigenvalue weighted by atomic mass is 19.4. The Bertz CT molecular complexity index is 646. The van der Waals surface area contributed by atoms with Crippen molar-refractivity contribution in [1.82, 2.24) is 9.55 Å². The van der Waals surface area contributed by atoms with Crippen LogP contribution in [0.4, 0.5) is 17.6 Å². The van der Waals surface area contributed by atoms with Gasteiger partial charge in [0.2, 0.25) is 0 Å². The zero-order chi connectivity index (χ0) is 14.9. The molecule has 2 rings (SSSR count). The van der Waals surface area contributed by atoms with Gasteiger partial charge in [-0.2, -0.15) is 13.2 Å². The molecule has 3 nitrogen and oxygen atoms in total. The molecule has 0 aliphatic carbocycles. The number of hydrogen-bond acceptors (Lipinski definition) is 2. The number of nitrogens with zero attached hydrogens (tertiary/aromatic N) is 2. The number of ketones is 1. The quantitative estimate of drug-likeness (QED) is 0.642. The first kappa shape index (κ1) is 14.2. The van der Waals surface area contributed by atoms with E-state index in [1.54, 1.807) is 17.8 Å². The number of rotatable bonds is 3. The van der Waals surface area contributed by atoms with Crippen molar-refractivity contribution in [3.8, 4) is 0 Å². The minimum Gasteiger partial charge on any atom is -0.338 e. The molecule has 1 heterocycles. The lowest BCUT2D eigenvalue weighted by Crippen LogP contribution is -2.13. The van der Waals surface area contributed by atoms with Gasteiger partial charge in [-0.25, -0.2) is 9.37 Å². The van der Waals surface area contributed by atoms with Crippen LogP contribution in [0.5, 0.6) is 0 Å². The zero-order valence-corrected chi connectivity index (χ0v) is 10.4. The van der Waals surface area contributed by atoms with Gasteiger partial charge in [0.05, 0.1) is 17.5 Å². The van der Waals surface area contributed by atoms with Crippen LogP contribution >= 0.6 is 0 Å². The second kappa shape index (κ2) is 5.07. The topological polar surface area (TPSA) is 34.9 Å². The van der Waals surface area contributed by atoms with E-state index in [4.69, 9.17) is 0 Å². The van der Waals surface area contributed by atoms with E-state index in [1.165, 1.54) is 6.20 Å². The first-order chi connectivity index (χ1) is 9.29. The molecule has 0 spiro atoms. The van der Waals surface area contributed by atoms with Crippen LogP contribution < -0.4 is 0 Å². The number of Topliss-reactive ketones (excluding diaryl/α,β-unsaturated/α-hetero) is 1. The molecule has 0 saturated heterocycles. The first-order valence-electron chi connectivity index (χ1n) is 5.65. The summed E-state index contributed by atoms with van der Waals surface area (Å²) in [6, 6.07) is 1.78. The molecular formula is C13H10F4N2O. The summed E-state index contributed by atoms with van der Waals surface area (Å²) in [5, 5.41) is 0. The van der Waals surface area contributed by atoms with E-state index in [9.17, 15) is 22.4 Å². The summed E-state index contributed by atoms with van der Waals surface area (Å²) in [4.78, 5) is 15.8. The fourth-order valence-electron chi connectivity index (χ4n) is 1.72. The van der Waals surface area contributed by atoms with Crippen molar-refractivity contribution in [3.05, 3.63) is 53.4 Å². The van der Waals surface area contributed by atoms with Crippen LogP contribution in [-0.4, -0.2) is 15.3 Å². The Morgan fingerprint density at radius 2 is 2.05 bits per heavy atom. The Labute approximate surface area is 111 Å². The smallest absolute Gasteiger partial charge is 0.338 e. The van der Waals surface area contributed by atoms with E-state index in [2.05, 4.69) is 4.98 Å². The Kier molecular flexibility index (Phi) is 3.61. The summed E-state index contributed by atoms with van der Waals surface area (Å²) in [5.74, 6) is -1.37. The fraction of sp³-hybridized carbons (Fsp3) is 0.231. The summed E-state index contributed by atoms with van der Waals surface area (Å²) in [6.07, 6.45) is -1.84. The summed E-state index contributed by atoms with van der Waals surface area (Å²) >= 11 is 0. The predicted molar refractivity (Wildman–Crippen MR) is 62.6 cm³/mol. The molecule has 0 unspecified atom stereocenters. The van der Waals surface area contributed by atoms with Gasteiger partial charge in [-0.1, -0.05) is 0 Å². The number of carbonyl (C=O) groups is 1. The molecule has 0 bridgehead atoms. The van der Waals surface area contributed by atoms with Crippen LogP contribution in [0.1, 0.15) is 21.7 Å². The number of carbonyl (C=O) groups excluding carboxylic acids is 1. The summed E-state index contributed by atoms with van der Waals surface area (Å²) < 4.78 is 52.7. The van der Waals surface area contributed by atoms with E-state index in [-0.39, 0.29) is 6.42 Å². The van der Waals surface area contributed by atoms with Crippen LogP contribution in [-0.2, 0) is 19.6 Å². The van der Waals surface area contributed by atoms with Crippen LogP contribution in [0.25, 0.3) is 0 Å². The van der Waals surface area contributed by atoms with Gasteiger partial charge < -0.3 is 4.57 Å². The number of imidazole rings is 1. The molecule has 0 radical (unpaired) electrons. The van der Waals surface area contributed by atoms with E-state index in [0.717, 1.165) is 0 Å². The Morgan fingerprint density at radius 3 is 2.60 bits per heavy atom. The van der Waals surface area contributed by atoms with Gasteiger partial charge in [-0.15, -0.1) is 0 Å². The van der Waals surface area contributed by atoms with Gasteiger partial charge in [-0.05, 0) is 18.2 Å². The minimum absolute atomic E-state index is 0.262. The Balaban J connectivity index is 2.32. The third-order valence-corrected chi connectivity index (χ3v) is 2.83. The lowest BCUT2D eigenvalue weighted by atomic mass is 10.0. The van der Waals surface area contributed by atoms with Gasteiger partial charge in [-0.3, -0.25) is 4.79 Å². The molecule has 0 saturated carbocycles. The standard InChI is InChI=1S/C13H10F4N2O/c1-19-5-4-18-12(19)7-11(20)9-6-8(13(15,16)17)2-3-10(9)14/h2-6H,7H2,1H3. The van der Waals surface area contributed by atoms with Crippen molar-refractivity contribution in [2.45, 2.75) is 12.6 Å². The molecule has 1 aromatic carbocycles. The summed E-state index contributed by atoms with van der Waals surface area (Å²) in [7, 11) is 1.64. The lowest BCUT2D eigenvalue weighted by molar-refractivity contribution is -0.137. The third kappa shape index (κ3) is 2.87. The zero-order valence-electron chi connectivity index (χ0n) is 10.4. The van der Waals surface area contributed by atoms with Gasteiger partial charge in [0.25, 0.3) is 0 Å². The predicted octanol–water partition coefficient (Wildman–Crippen LogP) is 3.00. The highest BCUT2D eigenvalue weighted by Crippen LogP contribution is 2.30. The third-order valence-electron chi connectivity index (χ3n) is 2.83. The highest BCUT2D eigenvalue weighted by molar-refractivity contribution is 5.97. The van der Waals surface area contributed by atoms with Crippen LogP contribution in [0.15, 0.2) is 30.6 Å². The second-order valence-electron chi connectivity index (χ2n) is 4.25. The Morgan fingerprint density at radius 1 is 1.35 bits per heavy atom. The molecule has 0 N–H and O–H groups in total. The average Bonchev–Trinajstić information content (AvgIpc) is 2.74. The van der Waals surface area contributed by atoms with Crippen molar-refractivity contribution in [2.75, 3.05) is 0 Å². The maximum atomic E-state index is 13.5. The molecule has 0 aliphatic rings. The van der Waals surface area contributed by atoms with Crippen LogP contribution in [0.2, 0.25) is 0 Å². The molecule has 0 aliphatic heterocycles. The van der Waals surface area contributed by atoms with Crippen molar-refractivity contribution >= 4 is 5.78 Å². The molecule has 0 fully saturated rings. The largest absolute Gasteiger partial charge is 0.416 e. The van der Waals surface area contributed by atoms with Gasteiger partial charge >= 0.3 is 6.18 Å². The highest BCUT2D eigenvalue weighted by Gasteiger charge is 2.32. The van der Waals surface area contributed by atoms with Crippen LogP contribution in [0.3, 0.4) is 0 Å². The van der Waals surface area contributed by atoms with Crippen molar-refractivity contribution in [3.63, 3.8) is 0 Å². The van der Waals surface area contributed by atoms with Crippen LogP contribution in [0, 0.1) is 5.82 Å². The molecule has 0 atom stereocenters. The SMILES string of the molecule is Cn1ccnc1CC(=O)c1cc(C(F)(F)F)ccc1F. The number of aryl methyl sites for hydroxylation is 1. The van der Waals surface area contributed by atoms with Gasteiger partial charge in [0.15, 0.2) is 5.78 Å². The van der Waals surface area contributed by atoms with Gasteiger partial charge in [0, 0.05) is 19.4 Å². The second-order valence-corrected chi connectivity index (χ2v) is 4.25. The molecule has 106 valence electrons. The number of alkyl halides is 3. The number of benzene rings is 1. The number of aromatic nitrogens is 2. The molecule has 2 aromatic rings. The molecule has 0 amide bonds. The van der Waals surface area contributed by atoms with Crippen molar-refractivity contribution in [1.29, 1.82) is 0 Å². The molecule has 1 aromatic heterocycles. The summed E-state index contributed by atoms with van der Waals surface area (Å²) in [6.45, 7) is 0. The van der Waals surface area contributed by atoms with Gasteiger partial charge in [0.1, 0.15) is 11.6 Å². The average molecular weight is 286 g/mol. The number of hydrogen-bond donors (Lipinski definition) is 0. The van der Waals surface area contributed by atoms with E-state index in [1.807, 2.05) is 0 Å².